The summed E-state index contributed by atoms with van der Waals surface area (Å²) in [6, 6.07) is 8.06. The molecule has 6 nitrogen and oxygen atoms in total. The topological polar surface area (TPSA) is 88.6 Å². The summed E-state index contributed by atoms with van der Waals surface area (Å²) in [4.78, 5) is 15.1. The molecule has 3 rings (SSSR count). The number of anilines is 1. The van der Waals surface area contributed by atoms with Gasteiger partial charge in [0.1, 0.15) is 17.4 Å². The van der Waals surface area contributed by atoms with Crippen LogP contribution >= 0.6 is 15.9 Å². The zero-order valence-electron chi connectivity index (χ0n) is 16.1. The molecule has 28 heavy (non-hydrogen) atoms. The highest BCUT2D eigenvalue weighted by atomic mass is 79.9. The molecule has 1 saturated heterocycles. The number of ether oxygens (including phenoxy) is 2. The van der Waals surface area contributed by atoms with Gasteiger partial charge in [0.05, 0.1) is 18.1 Å². The van der Waals surface area contributed by atoms with Crippen LogP contribution in [0.4, 0.5) is 5.69 Å². The van der Waals surface area contributed by atoms with Crippen LogP contribution in [0.15, 0.2) is 45.5 Å². The van der Waals surface area contributed by atoms with Crippen LogP contribution in [0.25, 0.3) is 0 Å². The summed E-state index contributed by atoms with van der Waals surface area (Å²) >= 11 is 3.56. The Morgan fingerprint density at radius 3 is 2.75 bits per heavy atom. The summed E-state index contributed by atoms with van der Waals surface area (Å²) in [6.07, 6.45) is 3.44. The quantitative estimate of drug-likeness (QED) is 0.702. The second-order valence-corrected chi connectivity index (χ2v) is 7.78. The number of hydrogen-bond acceptors (Lipinski definition) is 6. The molecule has 0 spiro atoms. The molecule has 0 aromatic heterocycles. The maximum absolute atomic E-state index is 12.8. The lowest BCUT2D eigenvalue weighted by atomic mass is 9.82. The Hall–Kier alpha value is -2.46. The molecule has 1 fully saturated rings. The number of piperidine rings is 1. The number of nitrogens with two attached hydrogens (primary N) is 1. The van der Waals surface area contributed by atoms with Gasteiger partial charge in [-0.25, -0.2) is 4.79 Å². The van der Waals surface area contributed by atoms with Crippen molar-refractivity contribution in [2.45, 2.75) is 39.0 Å². The summed E-state index contributed by atoms with van der Waals surface area (Å²) in [5.41, 5.74) is 8.44. The van der Waals surface area contributed by atoms with E-state index in [1.54, 1.807) is 13.8 Å². The molecule has 0 aliphatic carbocycles. The van der Waals surface area contributed by atoms with Crippen molar-refractivity contribution in [2.24, 2.45) is 5.73 Å². The Morgan fingerprint density at radius 1 is 1.39 bits per heavy atom. The third kappa shape index (κ3) is 3.88. The van der Waals surface area contributed by atoms with E-state index < -0.39 is 11.9 Å². The van der Waals surface area contributed by atoms with E-state index in [0.29, 0.717) is 11.3 Å². The van der Waals surface area contributed by atoms with Gasteiger partial charge in [-0.15, -0.1) is 0 Å². The van der Waals surface area contributed by atoms with Crippen molar-refractivity contribution in [3.05, 3.63) is 51.0 Å². The fourth-order valence-corrected chi connectivity index (χ4v) is 4.18. The van der Waals surface area contributed by atoms with Crippen LogP contribution in [-0.2, 0) is 14.3 Å². The molecule has 0 bridgehead atoms. The lowest BCUT2D eigenvalue weighted by molar-refractivity contribution is -0.139. The van der Waals surface area contributed by atoms with Crippen molar-refractivity contribution in [1.29, 1.82) is 5.26 Å². The Kier molecular flexibility index (Phi) is 6.30. The van der Waals surface area contributed by atoms with Crippen molar-refractivity contribution in [3.8, 4) is 6.07 Å². The highest BCUT2D eigenvalue weighted by Crippen LogP contribution is 2.44. The molecule has 0 radical (unpaired) electrons. The van der Waals surface area contributed by atoms with E-state index in [4.69, 9.17) is 15.2 Å². The maximum atomic E-state index is 12.8. The fourth-order valence-electron chi connectivity index (χ4n) is 3.84. The molecule has 7 heteroatoms. The molecule has 2 aliphatic rings. The number of benzene rings is 1. The normalized spacial score (nSPS) is 19.9. The largest absolute Gasteiger partial charge is 0.463 e. The molecule has 1 aromatic rings. The number of allylic oxidation sites excluding steroid dienone is 2. The molecule has 2 N–H and O–H groups in total. The van der Waals surface area contributed by atoms with Gasteiger partial charge in [0.2, 0.25) is 5.88 Å². The average molecular weight is 446 g/mol. The molecule has 2 aliphatic heterocycles. The van der Waals surface area contributed by atoms with Gasteiger partial charge in [0.15, 0.2) is 0 Å². The zero-order chi connectivity index (χ0) is 20.3. The molecular formula is C21H24BrN3O3. The van der Waals surface area contributed by atoms with E-state index in [0.717, 1.165) is 41.7 Å². The lowest BCUT2D eigenvalue weighted by Crippen LogP contribution is -2.32. The van der Waals surface area contributed by atoms with Crippen LogP contribution in [-0.4, -0.2) is 25.7 Å². The summed E-state index contributed by atoms with van der Waals surface area (Å²) in [5.74, 6) is -0.710. The number of carbonyl (C=O) groups is 1. The van der Waals surface area contributed by atoms with E-state index in [1.165, 1.54) is 6.42 Å². The number of carbonyl (C=O) groups excluding carboxylic acids is 1. The molecule has 0 saturated carbocycles. The van der Waals surface area contributed by atoms with E-state index in [-0.39, 0.29) is 18.1 Å². The predicted octanol–water partition coefficient (Wildman–Crippen LogP) is 4.08. The van der Waals surface area contributed by atoms with E-state index in [9.17, 15) is 10.1 Å². The van der Waals surface area contributed by atoms with Gasteiger partial charge in [-0.1, -0.05) is 22.0 Å². The van der Waals surface area contributed by atoms with Gasteiger partial charge in [-0.3, -0.25) is 0 Å². The van der Waals surface area contributed by atoms with Crippen molar-refractivity contribution in [3.63, 3.8) is 0 Å². The number of rotatable bonds is 4. The smallest absolute Gasteiger partial charge is 0.338 e. The van der Waals surface area contributed by atoms with Crippen LogP contribution in [0.5, 0.6) is 0 Å². The highest BCUT2D eigenvalue weighted by Gasteiger charge is 2.38. The predicted molar refractivity (Wildman–Crippen MR) is 110 cm³/mol. The molecule has 0 amide bonds. The second-order valence-electron chi connectivity index (χ2n) is 6.87. The zero-order valence-corrected chi connectivity index (χ0v) is 17.7. The van der Waals surface area contributed by atoms with Gasteiger partial charge >= 0.3 is 5.97 Å². The van der Waals surface area contributed by atoms with Gasteiger partial charge in [0, 0.05) is 23.2 Å². The molecule has 1 aromatic carbocycles. The number of nitriles is 1. The Balaban J connectivity index is 2.18. The van der Waals surface area contributed by atoms with Crippen LogP contribution in [0, 0.1) is 11.3 Å². The van der Waals surface area contributed by atoms with Crippen molar-refractivity contribution in [2.75, 3.05) is 24.6 Å². The van der Waals surface area contributed by atoms with Crippen LogP contribution in [0.3, 0.4) is 0 Å². The summed E-state index contributed by atoms with van der Waals surface area (Å²) in [7, 11) is 0. The maximum Gasteiger partial charge on any atom is 0.338 e. The standard InChI is InChI=1S/C21H24BrN3O3/c1-3-27-21(26)18-13(2)28-20(24)16(12-23)19(18)15-8-7-14(22)11-17(15)25-9-5-4-6-10-25/h7-8,11,19H,3-6,9-10,24H2,1-2H3. The first-order valence-corrected chi connectivity index (χ1v) is 10.3. The molecule has 148 valence electrons. The first-order chi connectivity index (χ1) is 13.5. The van der Waals surface area contributed by atoms with Gasteiger partial charge in [-0.2, -0.15) is 5.26 Å². The molecule has 2 heterocycles. The minimum absolute atomic E-state index is 0.0329. The minimum atomic E-state index is -0.622. The van der Waals surface area contributed by atoms with Gasteiger partial charge in [0.25, 0.3) is 0 Å². The van der Waals surface area contributed by atoms with Crippen LogP contribution in [0.1, 0.15) is 44.6 Å². The molecule has 1 unspecified atom stereocenters. The number of hydrogen-bond donors (Lipinski definition) is 1. The van der Waals surface area contributed by atoms with Crippen LogP contribution < -0.4 is 10.6 Å². The average Bonchev–Trinajstić information content (AvgIpc) is 2.68. The second kappa shape index (κ2) is 8.70. The number of halogens is 1. The van der Waals surface area contributed by atoms with E-state index in [2.05, 4.69) is 26.9 Å². The van der Waals surface area contributed by atoms with Crippen LogP contribution in [0.2, 0.25) is 0 Å². The highest BCUT2D eigenvalue weighted by molar-refractivity contribution is 9.10. The molecule has 1 atom stereocenters. The first-order valence-electron chi connectivity index (χ1n) is 9.47. The van der Waals surface area contributed by atoms with Crippen molar-refractivity contribution in [1.82, 2.24) is 0 Å². The first kappa shape index (κ1) is 20.3. The Morgan fingerprint density at radius 2 is 2.11 bits per heavy atom. The monoisotopic (exact) mass is 445 g/mol. The van der Waals surface area contributed by atoms with Gasteiger partial charge in [-0.05, 0) is 50.8 Å². The molecular weight excluding hydrogens is 422 g/mol. The van der Waals surface area contributed by atoms with Gasteiger partial charge < -0.3 is 20.1 Å². The lowest BCUT2D eigenvalue weighted by Gasteiger charge is -2.34. The SMILES string of the molecule is CCOC(=O)C1=C(C)OC(N)=C(C#N)C1c1ccc(Br)cc1N1CCCCC1. The summed E-state index contributed by atoms with van der Waals surface area (Å²) in [6.45, 7) is 5.54. The Bertz CT molecular complexity index is 879. The van der Waals surface area contributed by atoms with E-state index >= 15 is 0 Å². The Labute approximate surface area is 173 Å². The minimum Gasteiger partial charge on any atom is -0.463 e. The number of esters is 1. The third-order valence-electron chi connectivity index (χ3n) is 5.10. The summed E-state index contributed by atoms with van der Waals surface area (Å²) < 4.78 is 11.7. The third-order valence-corrected chi connectivity index (χ3v) is 5.59. The van der Waals surface area contributed by atoms with Crippen molar-refractivity contribution >= 4 is 27.6 Å². The van der Waals surface area contributed by atoms with E-state index in [1.807, 2.05) is 18.2 Å². The summed E-state index contributed by atoms with van der Waals surface area (Å²) in [5, 5.41) is 9.80. The fraction of sp³-hybridized carbons (Fsp3) is 0.429. The number of nitrogens with zero attached hydrogens (tertiary/aromatic N) is 2. The van der Waals surface area contributed by atoms with Crippen molar-refractivity contribution < 1.29 is 14.3 Å².